The molecular weight excluding hydrogens is 392 g/mol. The fourth-order valence-electron chi connectivity index (χ4n) is 2.60. The fraction of sp³-hybridized carbons (Fsp3) is 0.318. The van der Waals surface area contributed by atoms with Crippen molar-refractivity contribution >= 4 is 29.4 Å². The second kappa shape index (κ2) is 11.2. The van der Waals surface area contributed by atoms with E-state index >= 15 is 0 Å². The first kappa shape index (κ1) is 22.4. The summed E-state index contributed by atoms with van der Waals surface area (Å²) < 4.78 is 5.18. The molecule has 154 valence electrons. The van der Waals surface area contributed by atoms with Gasteiger partial charge in [0.2, 0.25) is 0 Å². The molecule has 2 amide bonds. The highest BCUT2D eigenvalue weighted by Crippen LogP contribution is 2.12. The third-order valence-corrected chi connectivity index (χ3v) is 4.54. The largest absolute Gasteiger partial charge is 0.453 e. The number of hydrogen-bond donors (Lipinski definition) is 2. The highest BCUT2D eigenvalue weighted by atomic mass is 35.5. The first-order chi connectivity index (χ1) is 13.9. The minimum Gasteiger partial charge on any atom is -0.453 e. The molecule has 2 unspecified atom stereocenters. The molecule has 0 radical (unpaired) electrons. The maximum atomic E-state index is 12.2. The Balaban J connectivity index is 1.66. The summed E-state index contributed by atoms with van der Waals surface area (Å²) in [6.07, 6.45) is -0.378. The van der Waals surface area contributed by atoms with E-state index in [1.54, 1.807) is 24.3 Å². The lowest BCUT2D eigenvalue weighted by Crippen LogP contribution is -2.37. The molecule has 2 aromatic carbocycles. The van der Waals surface area contributed by atoms with Crippen LogP contribution in [0.5, 0.6) is 0 Å². The second-order valence-electron chi connectivity index (χ2n) is 6.64. The first-order valence-electron chi connectivity index (χ1n) is 9.45. The predicted molar refractivity (Wildman–Crippen MR) is 112 cm³/mol. The van der Waals surface area contributed by atoms with Gasteiger partial charge in [-0.25, -0.2) is 0 Å². The van der Waals surface area contributed by atoms with Crippen molar-refractivity contribution in [3.8, 4) is 0 Å². The molecule has 6 nitrogen and oxygen atoms in total. The van der Waals surface area contributed by atoms with E-state index in [9.17, 15) is 14.4 Å². The molecule has 0 saturated carbocycles. The Morgan fingerprint density at radius 3 is 2.31 bits per heavy atom. The summed E-state index contributed by atoms with van der Waals surface area (Å²) in [6, 6.07) is 15.9. The van der Waals surface area contributed by atoms with E-state index in [1.807, 2.05) is 37.3 Å². The molecule has 0 heterocycles. The van der Waals surface area contributed by atoms with Crippen LogP contribution in [-0.2, 0) is 14.3 Å². The molecule has 29 heavy (non-hydrogen) atoms. The molecule has 0 aliphatic rings. The van der Waals surface area contributed by atoms with Crippen molar-refractivity contribution in [3.63, 3.8) is 0 Å². The number of ether oxygens (including phenoxy) is 1. The summed E-state index contributed by atoms with van der Waals surface area (Å²) in [5.74, 6) is -1.08. The normalized spacial score (nSPS) is 12.5. The molecule has 7 heteroatoms. The van der Waals surface area contributed by atoms with Gasteiger partial charge in [0, 0.05) is 23.6 Å². The topological polar surface area (TPSA) is 84.5 Å². The summed E-state index contributed by atoms with van der Waals surface area (Å²) in [4.78, 5) is 36.1. The van der Waals surface area contributed by atoms with Gasteiger partial charge in [0.1, 0.15) is 0 Å². The van der Waals surface area contributed by atoms with Crippen LogP contribution in [0.2, 0.25) is 5.02 Å². The van der Waals surface area contributed by atoms with Crippen molar-refractivity contribution in [1.29, 1.82) is 0 Å². The van der Waals surface area contributed by atoms with E-state index in [2.05, 4.69) is 10.6 Å². The van der Waals surface area contributed by atoms with Crippen LogP contribution in [-0.4, -0.2) is 30.4 Å². The van der Waals surface area contributed by atoms with Gasteiger partial charge in [-0.3, -0.25) is 14.4 Å². The number of nitrogens with one attached hydrogen (secondary N) is 2. The zero-order valence-electron chi connectivity index (χ0n) is 16.5. The number of halogens is 1. The van der Waals surface area contributed by atoms with Gasteiger partial charge in [0.15, 0.2) is 6.10 Å². The summed E-state index contributed by atoms with van der Waals surface area (Å²) in [6.45, 7) is 3.72. The SMILES string of the molecule is CC(OC(=O)CCCNC(=O)c1ccc(Cl)cc1)C(=O)NC(C)c1ccccc1. The van der Waals surface area contributed by atoms with Crippen molar-refractivity contribution in [2.75, 3.05) is 6.54 Å². The van der Waals surface area contributed by atoms with Crippen LogP contribution in [0.15, 0.2) is 54.6 Å². The fourth-order valence-corrected chi connectivity index (χ4v) is 2.73. The second-order valence-corrected chi connectivity index (χ2v) is 7.08. The molecule has 0 aromatic heterocycles. The molecule has 0 spiro atoms. The van der Waals surface area contributed by atoms with E-state index in [0.29, 0.717) is 23.6 Å². The average molecular weight is 417 g/mol. The van der Waals surface area contributed by atoms with Crippen molar-refractivity contribution < 1.29 is 19.1 Å². The lowest BCUT2D eigenvalue weighted by Gasteiger charge is -2.18. The number of carbonyl (C=O) groups excluding carboxylic acids is 3. The Bertz CT molecular complexity index is 824. The minimum absolute atomic E-state index is 0.104. The van der Waals surface area contributed by atoms with Crippen molar-refractivity contribution in [3.05, 3.63) is 70.7 Å². The number of carbonyl (C=O) groups is 3. The van der Waals surface area contributed by atoms with Gasteiger partial charge in [0.05, 0.1) is 6.04 Å². The summed E-state index contributed by atoms with van der Waals surface area (Å²) in [5.41, 5.74) is 1.46. The maximum absolute atomic E-state index is 12.2. The van der Waals surface area contributed by atoms with Gasteiger partial charge in [-0.15, -0.1) is 0 Å². The summed E-state index contributed by atoms with van der Waals surface area (Å²) in [5, 5.41) is 6.10. The standard InChI is InChI=1S/C22H25ClN2O4/c1-15(17-7-4-3-5-8-17)25-21(27)16(2)29-20(26)9-6-14-24-22(28)18-10-12-19(23)13-11-18/h3-5,7-8,10-13,15-16H,6,9,14H2,1-2H3,(H,24,28)(H,25,27). The molecule has 2 aromatic rings. The molecule has 2 atom stereocenters. The molecule has 2 rings (SSSR count). The first-order valence-corrected chi connectivity index (χ1v) is 9.83. The van der Waals surface area contributed by atoms with Gasteiger partial charge in [-0.1, -0.05) is 41.9 Å². The van der Waals surface area contributed by atoms with Gasteiger partial charge in [0.25, 0.3) is 11.8 Å². The van der Waals surface area contributed by atoms with E-state index in [4.69, 9.17) is 16.3 Å². The number of amides is 2. The van der Waals surface area contributed by atoms with Crippen molar-refractivity contribution in [2.24, 2.45) is 0 Å². The quantitative estimate of drug-likeness (QED) is 0.482. The third kappa shape index (κ3) is 7.58. The van der Waals surface area contributed by atoms with Crippen molar-refractivity contribution in [2.45, 2.75) is 38.8 Å². The van der Waals surface area contributed by atoms with Crippen LogP contribution in [0.25, 0.3) is 0 Å². The minimum atomic E-state index is -0.891. The van der Waals surface area contributed by atoms with E-state index in [-0.39, 0.29) is 24.3 Å². The Kier molecular flexibility index (Phi) is 8.68. The third-order valence-electron chi connectivity index (χ3n) is 4.29. The molecule has 0 aliphatic heterocycles. The molecule has 0 fully saturated rings. The molecule has 2 N–H and O–H groups in total. The predicted octanol–water partition coefficient (Wildman–Crippen LogP) is 3.66. The highest BCUT2D eigenvalue weighted by molar-refractivity contribution is 6.30. The zero-order valence-corrected chi connectivity index (χ0v) is 17.2. The smallest absolute Gasteiger partial charge is 0.306 e. The monoisotopic (exact) mass is 416 g/mol. The molecule has 0 aliphatic carbocycles. The summed E-state index contributed by atoms with van der Waals surface area (Å²) in [7, 11) is 0. The maximum Gasteiger partial charge on any atom is 0.306 e. The number of benzene rings is 2. The van der Waals surface area contributed by atoms with E-state index < -0.39 is 12.1 Å². The van der Waals surface area contributed by atoms with Gasteiger partial charge in [-0.2, -0.15) is 0 Å². The van der Waals surface area contributed by atoms with E-state index in [0.717, 1.165) is 5.56 Å². The van der Waals surface area contributed by atoms with Crippen molar-refractivity contribution in [1.82, 2.24) is 10.6 Å². The zero-order chi connectivity index (χ0) is 21.2. The van der Waals surface area contributed by atoms with Crippen LogP contribution in [0.4, 0.5) is 0 Å². The van der Waals surface area contributed by atoms with Gasteiger partial charge >= 0.3 is 5.97 Å². The van der Waals surface area contributed by atoms with Crippen LogP contribution < -0.4 is 10.6 Å². The van der Waals surface area contributed by atoms with Crippen LogP contribution >= 0.6 is 11.6 Å². The van der Waals surface area contributed by atoms with Gasteiger partial charge < -0.3 is 15.4 Å². The summed E-state index contributed by atoms with van der Waals surface area (Å²) >= 11 is 5.79. The van der Waals surface area contributed by atoms with Gasteiger partial charge in [-0.05, 0) is 50.1 Å². The lowest BCUT2D eigenvalue weighted by atomic mass is 10.1. The van der Waals surface area contributed by atoms with E-state index in [1.165, 1.54) is 6.92 Å². The molecular formula is C22H25ClN2O4. The highest BCUT2D eigenvalue weighted by Gasteiger charge is 2.19. The molecule has 0 saturated heterocycles. The number of hydrogen-bond acceptors (Lipinski definition) is 4. The number of rotatable bonds is 9. The Labute approximate surface area is 175 Å². The van der Waals surface area contributed by atoms with Crippen LogP contribution in [0, 0.1) is 0 Å². The Morgan fingerprint density at radius 2 is 1.66 bits per heavy atom. The average Bonchev–Trinajstić information content (AvgIpc) is 2.72. The lowest BCUT2D eigenvalue weighted by molar-refractivity contribution is -0.155. The Morgan fingerprint density at radius 1 is 1.00 bits per heavy atom. The number of esters is 1. The Hall–Kier alpha value is -2.86. The van der Waals surface area contributed by atoms with Crippen LogP contribution in [0.3, 0.4) is 0 Å². The molecule has 0 bridgehead atoms. The van der Waals surface area contributed by atoms with Crippen LogP contribution in [0.1, 0.15) is 48.7 Å².